The van der Waals surface area contributed by atoms with Crippen LogP contribution in [0.25, 0.3) is 0 Å². The van der Waals surface area contributed by atoms with Crippen LogP contribution in [0.1, 0.15) is 33.6 Å². The first-order chi connectivity index (χ1) is 5.22. The topological polar surface area (TPSA) is 12.4 Å². The van der Waals surface area contributed by atoms with Gasteiger partial charge in [0.2, 0.25) is 0 Å². The fourth-order valence-corrected chi connectivity index (χ4v) is 0.197. The van der Waals surface area contributed by atoms with Gasteiger partial charge in [-0.2, -0.15) is 0 Å². The van der Waals surface area contributed by atoms with Gasteiger partial charge in [-0.25, -0.2) is 0 Å². The van der Waals surface area contributed by atoms with Crippen molar-refractivity contribution in [3.8, 4) is 0 Å². The van der Waals surface area contributed by atoms with E-state index in [1.54, 1.807) is 6.08 Å². The first kappa shape index (κ1) is 12.8. The van der Waals surface area contributed by atoms with Crippen molar-refractivity contribution >= 4 is 5.71 Å². The van der Waals surface area contributed by atoms with Crippen molar-refractivity contribution < 1.29 is 0 Å². The second-order valence-corrected chi connectivity index (χ2v) is 2.16. The molecule has 0 aromatic carbocycles. The number of hydrogen-bond acceptors (Lipinski definition) is 1. The molecule has 0 radical (unpaired) electrons. The maximum Gasteiger partial charge on any atom is 0.0366 e. The second-order valence-electron chi connectivity index (χ2n) is 2.16. The molecule has 0 N–H and O–H groups in total. The Hall–Kier alpha value is -0.850. The molecule has 0 aromatic rings. The van der Waals surface area contributed by atoms with Gasteiger partial charge < -0.3 is 0 Å². The normalized spacial score (nSPS) is 9.55. The third-order valence-electron chi connectivity index (χ3n) is 1.09. The number of aliphatic imine (C=N–C) groups is 1. The Bertz CT molecular complexity index is 121. The van der Waals surface area contributed by atoms with Crippen molar-refractivity contribution in [1.29, 1.82) is 0 Å². The summed E-state index contributed by atoms with van der Waals surface area (Å²) in [5.74, 6) is 0. The van der Waals surface area contributed by atoms with Gasteiger partial charge in [0.15, 0.2) is 0 Å². The molecule has 0 aliphatic carbocycles. The molecule has 0 aliphatic heterocycles. The minimum atomic E-state index is 0.898. The van der Waals surface area contributed by atoms with Crippen LogP contribution in [0.5, 0.6) is 0 Å². The lowest BCUT2D eigenvalue weighted by molar-refractivity contribution is 0.886. The minimum absolute atomic E-state index is 0.898. The maximum atomic E-state index is 3.81. The summed E-state index contributed by atoms with van der Waals surface area (Å²) in [6.07, 6.45) is 5.82. The molecule has 0 saturated heterocycles. The Labute approximate surface area is 70.5 Å². The molecule has 1 nitrogen and oxygen atoms in total. The number of unbranched alkanes of at least 4 members (excludes halogenated alkanes) is 1. The van der Waals surface area contributed by atoms with Gasteiger partial charge in [0.25, 0.3) is 0 Å². The molecule has 0 amide bonds. The highest BCUT2D eigenvalue weighted by atomic mass is 14.7. The zero-order valence-electron chi connectivity index (χ0n) is 7.93. The number of rotatable bonds is 3. The highest BCUT2D eigenvalue weighted by Gasteiger charge is 1.70. The van der Waals surface area contributed by atoms with E-state index in [1.165, 1.54) is 19.0 Å². The van der Waals surface area contributed by atoms with E-state index in [2.05, 4.69) is 32.0 Å². The molecule has 0 aromatic heterocycles. The molecule has 0 atom stereocenters. The Morgan fingerprint density at radius 2 is 1.73 bits per heavy atom. The molecule has 0 fully saturated rings. The molecule has 64 valence electrons. The standard InChI is InChI=1S/C6H9N.C4H10/c1-4-6(3)7-5-2;1-3-4-2/h4-5H,1-2H2,3H3;3-4H2,1-2H3. The molecule has 0 unspecified atom stereocenters. The first-order valence-corrected chi connectivity index (χ1v) is 4.00. The zero-order chi connectivity index (χ0) is 9.11. The van der Waals surface area contributed by atoms with Crippen molar-refractivity contribution in [2.45, 2.75) is 33.6 Å². The summed E-state index contributed by atoms with van der Waals surface area (Å²) in [6.45, 7) is 13.1. The Kier molecular flexibility index (Phi) is 13.8. The van der Waals surface area contributed by atoms with E-state index in [4.69, 9.17) is 0 Å². The predicted octanol–water partition coefficient (Wildman–Crippen LogP) is 3.58. The van der Waals surface area contributed by atoms with E-state index in [1.807, 2.05) is 6.92 Å². The van der Waals surface area contributed by atoms with Gasteiger partial charge in [-0.05, 0) is 13.0 Å². The molecule has 0 aliphatic rings. The Morgan fingerprint density at radius 3 is 1.82 bits per heavy atom. The van der Waals surface area contributed by atoms with Crippen LogP contribution in [0.15, 0.2) is 30.4 Å². The van der Waals surface area contributed by atoms with Crippen molar-refractivity contribution in [1.82, 2.24) is 0 Å². The van der Waals surface area contributed by atoms with Gasteiger partial charge in [0, 0.05) is 11.9 Å². The third kappa shape index (κ3) is 17.6. The van der Waals surface area contributed by atoms with Crippen molar-refractivity contribution in [3.63, 3.8) is 0 Å². The molecular weight excluding hydrogens is 134 g/mol. The maximum absolute atomic E-state index is 3.81. The molecule has 0 saturated carbocycles. The SMILES string of the molecule is C=CN=C(C)C=C.CCCC. The van der Waals surface area contributed by atoms with Gasteiger partial charge in [-0.3, -0.25) is 4.99 Å². The van der Waals surface area contributed by atoms with E-state index in [0.29, 0.717) is 0 Å². The van der Waals surface area contributed by atoms with Crippen molar-refractivity contribution in [2.75, 3.05) is 0 Å². The van der Waals surface area contributed by atoms with Crippen LogP contribution >= 0.6 is 0 Å². The third-order valence-corrected chi connectivity index (χ3v) is 1.09. The summed E-state index contributed by atoms with van der Waals surface area (Å²) in [6, 6.07) is 0. The molecule has 0 bridgehead atoms. The summed E-state index contributed by atoms with van der Waals surface area (Å²) < 4.78 is 0. The van der Waals surface area contributed by atoms with E-state index in [9.17, 15) is 0 Å². The Morgan fingerprint density at radius 1 is 1.27 bits per heavy atom. The molecular formula is C10H19N. The smallest absolute Gasteiger partial charge is 0.0366 e. The number of nitrogens with zero attached hydrogens (tertiary/aromatic N) is 1. The fraction of sp³-hybridized carbons (Fsp3) is 0.500. The highest BCUT2D eigenvalue weighted by molar-refractivity contribution is 5.92. The fourth-order valence-electron chi connectivity index (χ4n) is 0.197. The lowest BCUT2D eigenvalue weighted by atomic mass is 10.4. The molecule has 0 rings (SSSR count). The predicted molar refractivity (Wildman–Crippen MR) is 54.1 cm³/mol. The minimum Gasteiger partial charge on any atom is -0.262 e. The quantitative estimate of drug-likeness (QED) is 0.549. The summed E-state index contributed by atoms with van der Waals surface area (Å²) in [5.41, 5.74) is 0.898. The van der Waals surface area contributed by atoms with Crippen LogP contribution in [0.3, 0.4) is 0 Å². The van der Waals surface area contributed by atoms with Crippen LogP contribution in [0.4, 0.5) is 0 Å². The lowest BCUT2D eigenvalue weighted by Crippen LogP contribution is -1.77. The number of allylic oxidation sites excluding steroid dienone is 1. The van der Waals surface area contributed by atoms with Crippen LogP contribution in [-0.4, -0.2) is 5.71 Å². The molecule has 11 heavy (non-hydrogen) atoms. The zero-order valence-corrected chi connectivity index (χ0v) is 7.93. The van der Waals surface area contributed by atoms with Gasteiger partial charge in [-0.1, -0.05) is 39.8 Å². The summed E-state index contributed by atoms with van der Waals surface area (Å²) >= 11 is 0. The van der Waals surface area contributed by atoms with Gasteiger partial charge >= 0.3 is 0 Å². The summed E-state index contributed by atoms with van der Waals surface area (Å²) in [7, 11) is 0. The van der Waals surface area contributed by atoms with Crippen LogP contribution < -0.4 is 0 Å². The van der Waals surface area contributed by atoms with Crippen LogP contribution in [0.2, 0.25) is 0 Å². The van der Waals surface area contributed by atoms with Gasteiger partial charge in [0.1, 0.15) is 0 Å². The number of hydrogen-bond donors (Lipinski definition) is 0. The van der Waals surface area contributed by atoms with E-state index >= 15 is 0 Å². The average Bonchev–Trinajstić information content (AvgIpc) is 2.05. The van der Waals surface area contributed by atoms with Crippen LogP contribution in [-0.2, 0) is 0 Å². The summed E-state index contributed by atoms with van der Waals surface area (Å²) in [4.78, 5) is 3.81. The monoisotopic (exact) mass is 153 g/mol. The van der Waals surface area contributed by atoms with Gasteiger partial charge in [-0.15, -0.1) is 0 Å². The largest absolute Gasteiger partial charge is 0.262 e. The van der Waals surface area contributed by atoms with E-state index < -0.39 is 0 Å². The first-order valence-electron chi connectivity index (χ1n) is 4.00. The highest BCUT2D eigenvalue weighted by Crippen LogP contribution is 1.77. The van der Waals surface area contributed by atoms with E-state index in [0.717, 1.165) is 5.71 Å². The van der Waals surface area contributed by atoms with Crippen molar-refractivity contribution in [2.24, 2.45) is 4.99 Å². The van der Waals surface area contributed by atoms with Gasteiger partial charge in [0.05, 0.1) is 0 Å². The average molecular weight is 153 g/mol. The van der Waals surface area contributed by atoms with Crippen molar-refractivity contribution in [3.05, 3.63) is 25.4 Å². The molecule has 0 heterocycles. The summed E-state index contributed by atoms with van der Waals surface area (Å²) in [5, 5.41) is 0. The Balaban J connectivity index is 0. The molecule has 1 heteroatoms. The lowest BCUT2D eigenvalue weighted by Gasteiger charge is -1.79. The second kappa shape index (κ2) is 11.9. The van der Waals surface area contributed by atoms with Crippen LogP contribution in [0, 0.1) is 0 Å². The van der Waals surface area contributed by atoms with E-state index in [-0.39, 0.29) is 0 Å². The molecule has 0 spiro atoms.